The second-order valence-corrected chi connectivity index (χ2v) is 7.27. The minimum absolute atomic E-state index is 0.183. The summed E-state index contributed by atoms with van der Waals surface area (Å²) in [5.74, 6) is 1.33. The van der Waals surface area contributed by atoms with E-state index in [1.54, 1.807) is 19.5 Å². The highest BCUT2D eigenvalue weighted by Crippen LogP contribution is 2.43. The molecule has 0 fully saturated rings. The van der Waals surface area contributed by atoms with E-state index in [2.05, 4.69) is 31.3 Å². The summed E-state index contributed by atoms with van der Waals surface area (Å²) in [6.45, 7) is 3.95. The third-order valence-electron chi connectivity index (χ3n) is 5.03. The van der Waals surface area contributed by atoms with E-state index in [1.165, 1.54) is 6.33 Å². The molecule has 0 radical (unpaired) electrons. The summed E-state index contributed by atoms with van der Waals surface area (Å²) in [4.78, 5) is 15.7. The van der Waals surface area contributed by atoms with Crippen LogP contribution in [0, 0.1) is 18.3 Å². The van der Waals surface area contributed by atoms with Crippen LogP contribution in [0.5, 0.6) is 5.75 Å². The number of fused-ring (bicyclic) bond motifs is 1. The maximum Gasteiger partial charge on any atom is 0.182 e. The maximum atomic E-state index is 9.30. The molecule has 4 rings (SSSR count). The van der Waals surface area contributed by atoms with Crippen LogP contribution in [0.1, 0.15) is 29.7 Å². The first-order chi connectivity index (χ1) is 14.5. The number of hydrogen-bond acceptors (Lipinski definition) is 6. The number of aromatic amines is 1. The summed E-state index contributed by atoms with van der Waals surface area (Å²) in [5.41, 5.74) is 5.38. The van der Waals surface area contributed by atoms with Gasteiger partial charge in [-0.25, -0.2) is 15.0 Å². The van der Waals surface area contributed by atoms with Crippen molar-refractivity contribution < 1.29 is 4.74 Å². The Bertz CT molecular complexity index is 1280. The molecule has 0 spiro atoms. The number of imidazole rings is 1. The summed E-state index contributed by atoms with van der Waals surface area (Å²) >= 11 is 6.61. The van der Waals surface area contributed by atoms with Gasteiger partial charge in [0.15, 0.2) is 11.5 Å². The summed E-state index contributed by atoms with van der Waals surface area (Å²) in [6.07, 6.45) is 3.05. The minimum atomic E-state index is -0.183. The Morgan fingerprint density at radius 2 is 2.07 bits per heavy atom. The van der Waals surface area contributed by atoms with Gasteiger partial charge in [0.25, 0.3) is 0 Å². The van der Waals surface area contributed by atoms with Crippen LogP contribution in [0.2, 0.25) is 5.02 Å². The van der Waals surface area contributed by atoms with Gasteiger partial charge < -0.3 is 15.0 Å². The highest BCUT2D eigenvalue weighted by atomic mass is 35.5. The highest BCUT2D eigenvalue weighted by molar-refractivity contribution is 6.32. The minimum Gasteiger partial charge on any atom is -0.496 e. The number of anilines is 1. The van der Waals surface area contributed by atoms with Crippen LogP contribution >= 0.6 is 11.6 Å². The lowest BCUT2D eigenvalue weighted by atomic mass is 9.93. The van der Waals surface area contributed by atoms with Crippen molar-refractivity contribution >= 4 is 28.6 Å². The average molecular weight is 419 g/mol. The molecular formula is C22H19ClN6O. The molecule has 4 aromatic rings. The number of rotatable bonds is 5. The number of nitrogens with zero attached hydrogens (tertiary/aromatic N) is 4. The van der Waals surface area contributed by atoms with Crippen LogP contribution in [0.25, 0.3) is 22.3 Å². The molecule has 2 aromatic heterocycles. The lowest BCUT2D eigenvalue weighted by Gasteiger charge is -2.23. The standard InChI is InChI=1S/C22H19ClN6O/c1-12-17(23)8-16(13(2)29-22-19-21(26-10-25-19)27-11-28-22)20(30-3)18(12)15-6-4-5-14(7-15)9-24/h4-8,10-11,13H,1-3H3,(H2,25,26,27,28,29). The second kappa shape index (κ2) is 8.01. The van der Waals surface area contributed by atoms with E-state index >= 15 is 0 Å². The van der Waals surface area contributed by atoms with Gasteiger partial charge in [-0.3, -0.25) is 0 Å². The van der Waals surface area contributed by atoms with Crippen LogP contribution in [0.4, 0.5) is 5.82 Å². The van der Waals surface area contributed by atoms with E-state index in [9.17, 15) is 5.26 Å². The largest absolute Gasteiger partial charge is 0.496 e. The Labute approximate surface area is 178 Å². The molecule has 2 N–H and O–H groups in total. The zero-order valence-electron chi connectivity index (χ0n) is 16.7. The van der Waals surface area contributed by atoms with E-state index < -0.39 is 0 Å². The summed E-state index contributed by atoms with van der Waals surface area (Å²) in [6, 6.07) is 11.3. The molecule has 2 heterocycles. The number of ether oxygens (including phenoxy) is 1. The van der Waals surface area contributed by atoms with Crippen LogP contribution in [0.15, 0.2) is 43.0 Å². The van der Waals surface area contributed by atoms with Gasteiger partial charge in [0.1, 0.15) is 17.6 Å². The Morgan fingerprint density at radius 1 is 1.23 bits per heavy atom. The second-order valence-electron chi connectivity index (χ2n) is 6.86. The molecule has 2 aromatic carbocycles. The molecule has 0 saturated heterocycles. The number of nitrogens with one attached hydrogen (secondary N) is 2. The molecule has 0 amide bonds. The molecule has 30 heavy (non-hydrogen) atoms. The van der Waals surface area contributed by atoms with E-state index in [1.807, 2.05) is 38.1 Å². The molecule has 0 bridgehead atoms. The predicted octanol–water partition coefficient (Wildman–Crippen LogP) is 5.04. The van der Waals surface area contributed by atoms with Crippen LogP contribution < -0.4 is 10.1 Å². The Hall–Kier alpha value is -3.63. The Morgan fingerprint density at radius 3 is 2.83 bits per heavy atom. The fourth-order valence-electron chi connectivity index (χ4n) is 3.54. The Kier molecular flexibility index (Phi) is 5.25. The molecular weight excluding hydrogens is 400 g/mol. The first-order valence-electron chi connectivity index (χ1n) is 9.31. The fraction of sp³-hybridized carbons (Fsp3) is 0.182. The number of nitriles is 1. The SMILES string of the molecule is COc1c(C(C)Nc2ncnc3nc[nH]c23)cc(Cl)c(C)c1-c1cccc(C#N)c1. The van der Waals surface area contributed by atoms with Crippen molar-refractivity contribution in [2.75, 3.05) is 12.4 Å². The van der Waals surface area contributed by atoms with Crippen LogP contribution in [-0.4, -0.2) is 27.0 Å². The van der Waals surface area contributed by atoms with Crippen molar-refractivity contribution in [2.24, 2.45) is 0 Å². The average Bonchev–Trinajstić information content (AvgIpc) is 3.25. The monoisotopic (exact) mass is 418 g/mol. The molecule has 7 nitrogen and oxygen atoms in total. The van der Waals surface area contributed by atoms with Gasteiger partial charge in [-0.2, -0.15) is 5.26 Å². The van der Waals surface area contributed by atoms with E-state index in [0.717, 1.165) is 27.8 Å². The quantitative estimate of drug-likeness (QED) is 0.471. The number of H-pyrrole nitrogens is 1. The fourth-order valence-corrected chi connectivity index (χ4v) is 3.75. The van der Waals surface area contributed by atoms with Crippen LogP contribution in [0.3, 0.4) is 0 Å². The number of aromatic nitrogens is 4. The summed E-state index contributed by atoms with van der Waals surface area (Å²) < 4.78 is 5.84. The van der Waals surface area contributed by atoms with Gasteiger partial charge in [-0.1, -0.05) is 23.7 Å². The Balaban J connectivity index is 1.83. The topological polar surface area (TPSA) is 99.5 Å². The lowest BCUT2D eigenvalue weighted by Crippen LogP contribution is -2.11. The van der Waals surface area contributed by atoms with Gasteiger partial charge >= 0.3 is 0 Å². The van der Waals surface area contributed by atoms with Crippen molar-refractivity contribution in [3.63, 3.8) is 0 Å². The summed E-state index contributed by atoms with van der Waals surface area (Å²) in [5, 5.41) is 13.3. The molecule has 8 heteroatoms. The van der Waals surface area contributed by atoms with Gasteiger partial charge in [0.2, 0.25) is 0 Å². The van der Waals surface area contributed by atoms with Gasteiger partial charge in [0.05, 0.1) is 31.1 Å². The summed E-state index contributed by atoms with van der Waals surface area (Å²) in [7, 11) is 1.63. The van der Waals surface area contributed by atoms with Crippen LogP contribution in [-0.2, 0) is 0 Å². The van der Waals surface area contributed by atoms with E-state index in [4.69, 9.17) is 16.3 Å². The highest BCUT2D eigenvalue weighted by Gasteiger charge is 2.22. The van der Waals surface area contributed by atoms with E-state index in [-0.39, 0.29) is 6.04 Å². The molecule has 1 atom stereocenters. The van der Waals surface area contributed by atoms with Gasteiger partial charge in [0, 0.05) is 16.1 Å². The number of benzene rings is 2. The van der Waals surface area contributed by atoms with Crippen molar-refractivity contribution in [3.05, 3.63) is 64.7 Å². The first kappa shape index (κ1) is 19.7. The number of halogens is 1. The van der Waals surface area contributed by atoms with Gasteiger partial charge in [-0.15, -0.1) is 0 Å². The normalized spacial score (nSPS) is 11.8. The van der Waals surface area contributed by atoms with Crippen molar-refractivity contribution in [1.82, 2.24) is 19.9 Å². The molecule has 0 aliphatic heterocycles. The number of methoxy groups -OCH3 is 1. The van der Waals surface area contributed by atoms with Crippen molar-refractivity contribution in [1.29, 1.82) is 5.26 Å². The number of hydrogen-bond donors (Lipinski definition) is 2. The smallest absolute Gasteiger partial charge is 0.182 e. The third kappa shape index (κ3) is 3.42. The first-order valence-corrected chi connectivity index (χ1v) is 9.69. The molecule has 150 valence electrons. The lowest BCUT2D eigenvalue weighted by molar-refractivity contribution is 0.409. The third-order valence-corrected chi connectivity index (χ3v) is 5.42. The zero-order chi connectivity index (χ0) is 21.3. The molecule has 0 saturated carbocycles. The maximum absolute atomic E-state index is 9.30. The molecule has 0 aliphatic carbocycles. The molecule has 0 aliphatic rings. The predicted molar refractivity (Wildman–Crippen MR) is 117 cm³/mol. The van der Waals surface area contributed by atoms with Crippen molar-refractivity contribution in [2.45, 2.75) is 19.9 Å². The molecule has 1 unspecified atom stereocenters. The zero-order valence-corrected chi connectivity index (χ0v) is 17.4. The van der Waals surface area contributed by atoms with Gasteiger partial charge in [-0.05, 0) is 43.2 Å². The van der Waals surface area contributed by atoms with E-state index in [0.29, 0.717) is 27.8 Å². The van der Waals surface area contributed by atoms with Crippen molar-refractivity contribution in [3.8, 4) is 22.9 Å².